The van der Waals surface area contributed by atoms with E-state index in [1.54, 1.807) is 0 Å². The molecule has 0 aromatic heterocycles. The molecule has 0 bridgehead atoms. The average molecular weight is 422 g/mol. The van der Waals surface area contributed by atoms with E-state index in [1.807, 2.05) is 0 Å². The minimum Gasteiger partial charge on any atom is -0.478 e. The molecule has 29 heavy (non-hydrogen) atoms. The molecule has 2 aromatic rings. The maximum absolute atomic E-state index is 14.4. The topological polar surface area (TPSA) is 127 Å². The number of alkyl halides is 6. The molecule has 0 spiro atoms. The standard InChI is InChI=1S/C17H12F6N2O4/c18-15(19,7-1-3-11(24)9(5-7)13(26)27)17(22,23)16(20,21)8-2-4-12(25)10(6-8)14(28)29/h1-6H,24-25H2,(H,26,27)(H,28,29). The first-order chi connectivity index (χ1) is 13.1. The molecule has 6 nitrogen and oxygen atoms in total. The van der Waals surface area contributed by atoms with Crippen molar-refractivity contribution in [3.05, 3.63) is 58.7 Å². The number of hydrogen-bond donors (Lipinski definition) is 4. The van der Waals surface area contributed by atoms with Crippen LogP contribution in [0.25, 0.3) is 0 Å². The summed E-state index contributed by atoms with van der Waals surface area (Å²) in [6, 6.07) is 1.83. The van der Waals surface area contributed by atoms with E-state index in [2.05, 4.69) is 0 Å². The molecule has 2 rings (SSSR count). The number of benzene rings is 2. The number of carboxylic acid groups (broad SMARTS) is 2. The number of halogens is 6. The van der Waals surface area contributed by atoms with Crippen LogP contribution in [0, 0.1) is 0 Å². The van der Waals surface area contributed by atoms with Crippen molar-refractivity contribution < 1.29 is 46.1 Å². The average Bonchev–Trinajstić information content (AvgIpc) is 2.61. The van der Waals surface area contributed by atoms with Crippen molar-refractivity contribution in [2.24, 2.45) is 0 Å². The highest BCUT2D eigenvalue weighted by Gasteiger charge is 2.72. The van der Waals surface area contributed by atoms with Crippen LogP contribution < -0.4 is 11.5 Å². The Balaban J connectivity index is 2.63. The smallest absolute Gasteiger partial charge is 0.380 e. The first-order valence-electron chi connectivity index (χ1n) is 7.54. The number of nitrogens with two attached hydrogens (primary N) is 2. The minimum absolute atomic E-state index is 0.0628. The summed E-state index contributed by atoms with van der Waals surface area (Å²) in [4.78, 5) is 21.9. The molecule has 0 aliphatic heterocycles. The molecule has 2 aromatic carbocycles. The summed E-state index contributed by atoms with van der Waals surface area (Å²) in [6.45, 7) is 0. The Morgan fingerprint density at radius 3 is 1.28 bits per heavy atom. The van der Waals surface area contributed by atoms with Gasteiger partial charge in [0.25, 0.3) is 0 Å². The first kappa shape index (κ1) is 21.9. The number of anilines is 2. The van der Waals surface area contributed by atoms with Crippen LogP contribution in [0.1, 0.15) is 31.8 Å². The lowest BCUT2D eigenvalue weighted by atomic mass is 9.91. The molecule has 0 amide bonds. The summed E-state index contributed by atoms with van der Waals surface area (Å²) >= 11 is 0. The van der Waals surface area contributed by atoms with Gasteiger partial charge in [-0.15, -0.1) is 0 Å². The van der Waals surface area contributed by atoms with Crippen molar-refractivity contribution in [2.75, 3.05) is 11.5 Å². The minimum atomic E-state index is -6.09. The van der Waals surface area contributed by atoms with Crippen LogP contribution in [0.4, 0.5) is 37.7 Å². The Morgan fingerprint density at radius 1 is 0.690 bits per heavy atom. The second-order valence-corrected chi connectivity index (χ2v) is 5.94. The third kappa shape index (κ3) is 3.41. The zero-order valence-electron chi connectivity index (χ0n) is 14.1. The van der Waals surface area contributed by atoms with Crippen LogP contribution in [0.15, 0.2) is 36.4 Å². The molecular formula is C17H12F6N2O4. The molecule has 6 N–H and O–H groups in total. The maximum atomic E-state index is 14.4. The molecule has 0 aliphatic rings. The van der Waals surface area contributed by atoms with Gasteiger partial charge in [0.05, 0.1) is 11.1 Å². The van der Waals surface area contributed by atoms with Crippen LogP contribution in [-0.2, 0) is 11.8 Å². The van der Waals surface area contributed by atoms with Gasteiger partial charge in [-0.3, -0.25) is 0 Å². The van der Waals surface area contributed by atoms with E-state index in [-0.39, 0.29) is 24.3 Å². The Hall–Kier alpha value is -3.44. The van der Waals surface area contributed by atoms with Crippen molar-refractivity contribution in [2.45, 2.75) is 17.8 Å². The summed E-state index contributed by atoms with van der Waals surface area (Å²) in [6.07, 6.45) is 0. The molecule has 0 heterocycles. The van der Waals surface area contributed by atoms with E-state index in [0.29, 0.717) is 12.1 Å². The summed E-state index contributed by atoms with van der Waals surface area (Å²) in [7, 11) is 0. The molecule has 0 fully saturated rings. The van der Waals surface area contributed by atoms with Crippen molar-refractivity contribution in [1.29, 1.82) is 0 Å². The third-order valence-electron chi connectivity index (χ3n) is 4.08. The zero-order valence-corrected chi connectivity index (χ0v) is 14.1. The van der Waals surface area contributed by atoms with Crippen molar-refractivity contribution in [3.8, 4) is 0 Å². The van der Waals surface area contributed by atoms with Crippen molar-refractivity contribution >= 4 is 23.3 Å². The van der Waals surface area contributed by atoms with Gasteiger partial charge >= 0.3 is 29.7 Å². The van der Waals surface area contributed by atoms with E-state index < -0.39 is 63.3 Å². The van der Waals surface area contributed by atoms with Gasteiger partial charge < -0.3 is 21.7 Å². The van der Waals surface area contributed by atoms with Gasteiger partial charge in [-0.05, 0) is 24.3 Å². The van der Waals surface area contributed by atoms with Crippen LogP contribution in [-0.4, -0.2) is 28.1 Å². The Labute approximate surface area is 158 Å². The molecule has 0 radical (unpaired) electrons. The lowest BCUT2D eigenvalue weighted by Crippen LogP contribution is -2.50. The number of carbonyl (C=O) groups is 2. The second-order valence-electron chi connectivity index (χ2n) is 5.94. The van der Waals surface area contributed by atoms with Gasteiger partial charge in [0.1, 0.15) is 0 Å². The van der Waals surface area contributed by atoms with Crippen LogP contribution in [0.2, 0.25) is 0 Å². The summed E-state index contributed by atoms with van der Waals surface area (Å²) in [5, 5.41) is 17.8. The number of hydrogen-bond acceptors (Lipinski definition) is 4. The Kier molecular flexibility index (Phi) is 5.17. The van der Waals surface area contributed by atoms with Crippen LogP contribution >= 0.6 is 0 Å². The molecule has 156 valence electrons. The van der Waals surface area contributed by atoms with Crippen molar-refractivity contribution in [3.63, 3.8) is 0 Å². The Bertz CT molecular complexity index is 916. The van der Waals surface area contributed by atoms with E-state index >= 15 is 0 Å². The lowest BCUT2D eigenvalue weighted by molar-refractivity contribution is -0.321. The third-order valence-corrected chi connectivity index (χ3v) is 4.08. The van der Waals surface area contributed by atoms with Gasteiger partial charge in [0.2, 0.25) is 0 Å². The predicted octanol–water partition coefficient (Wildman–Crippen LogP) is 3.77. The van der Waals surface area contributed by atoms with E-state index in [4.69, 9.17) is 21.7 Å². The van der Waals surface area contributed by atoms with Gasteiger partial charge in [-0.1, -0.05) is 12.1 Å². The monoisotopic (exact) mass is 422 g/mol. The van der Waals surface area contributed by atoms with Gasteiger partial charge in [-0.2, -0.15) is 26.3 Å². The van der Waals surface area contributed by atoms with E-state index in [1.165, 1.54) is 0 Å². The molecule has 0 saturated heterocycles. The number of carboxylic acids is 2. The number of aromatic carboxylic acids is 2. The lowest BCUT2D eigenvalue weighted by Gasteiger charge is -2.33. The fraction of sp³-hybridized carbons (Fsp3) is 0.176. The molecule has 0 saturated carbocycles. The van der Waals surface area contributed by atoms with E-state index in [9.17, 15) is 35.9 Å². The molecular weight excluding hydrogens is 410 g/mol. The molecule has 0 atom stereocenters. The zero-order chi connectivity index (χ0) is 22.4. The quantitative estimate of drug-likeness (QED) is 0.415. The first-order valence-corrected chi connectivity index (χ1v) is 7.54. The molecule has 0 unspecified atom stereocenters. The van der Waals surface area contributed by atoms with Crippen LogP contribution in [0.3, 0.4) is 0 Å². The fourth-order valence-electron chi connectivity index (χ4n) is 2.43. The Morgan fingerprint density at radius 2 is 1.00 bits per heavy atom. The second kappa shape index (κ2) is 6.87. The van der Waals surface area contributed by atoms with Crippen molar-refractivity contribution in [1.82, 2.24) is 0 Å². The summed E-state index contributed by atoms with van der Waals surface area (Å²) in [5.41, 5.74) is 4.00. The highest BCUT2D eigenvalue weighted by atomic mass is 19.3. The fourth-order valence-corrected chi connectivity index (χ4v) is 2.43. The summed E-state index contributed by atoms with van der Waals surface area (Å²) in [5.74, 6) is -20.9. The van der Waals surface area contributed by atoms with Gasteiger partial charge in [0, 0.05) is 22.5 Å². The van der Waals surface area contributed by atoms with Crippen LogP contribution in [0.5, 0.6) is 0 Å². The number of nitrogen functional groups attached to an aromatic ring is 2. The van der Waals surface area contributed by atoms with Gasteiger partial charge in [-0.25, -0.2) is 9.59 Å². The van der Waals surface area contributed by atoms with E-state index in [0.717, 1.165) is 0 Å². The molecule has 0 aliphatic carbocycles. The SMILES string of the molecule is Nc1ccc(C(F)(F)C(F)(F)C(F)(F)c2ccc(N)c(C(=O)O)c2)cc1C(=O)O. The largest absolute Gasteiger partial charge is 0.478 e. The number of rotatable bonds is 6. The van der Waals surface area contributed by atoms with Gasteiger partial charge in [0.15, 0.2) is 0 Å². The highest BCUT2D eigenvalue weighted by Crippen LogP contribution is 2.55. The maximum Gasteiger partial charge on any atom is 0.380 e. The summed E-state index contributed by atoms with van der Waals surface area (Å²) < 4.78 is 86.4. The highest BCUT2D eigenvalue weighted by molar-refractivity contribution is 5.94. The predicted molar refractivity (Wildman–Crippen MR) is 88.4 cm³/mol. The normalized spacial score (nSPS) is 12.6. The molecule has 12 heteroatoms.